The summed E-state index contributed by atoms with van der Waals surface area (Å²) in [6.07, 6.45) is 1.34. The molecule has 0 radical (unpaired) electrons. The molecule has 6 nitrogen and oxygen atoms in total. The fourth-order valence-corrected chi connectivity index (χ4v) is 3.41. The normalized spacial score (nSPS) is 11.3. The second-order valence-electron chi connectivity index (χ2n) is 5.81. The molecule has 27 heavy (non-hydrogen) atoms. The number of carbonyl (C=O) groups excluding carboxylic acids is 1. The molecule has 0 unspecified atom stereocenters. The lowest BCUT2D eigenvalue weighted by Gasteiger charge is -2.11. The molecule has 2 aromatic rings. The van der Waals surface area contributed by atoms with Gasteiger partial charge in [-0.25, -0.2) is 13.6 Å². The molecule has 3 N–H and O–H groups in total. The fourth-order valence-electron chi connectivity index (χ4n) is 2.30. The first-order valence-corrected chi connectivity index (χ1v) is 10.5. The van der Waals surface area contributed by atoms with Crippen molar-refractivity contribution in [3.8, 4) is 5.75 Å². The third-order valence-electron chi connectivity index (χ3n) is 3.66. The van der Waals surface area contributed by atoms with Crippen LogP contribution in [0.25, 0.3) is 0 Å². The molecule has 0 bridgehead atoms. The summed E-state index contributed by atoms with van der Waals surface area (Å²) in [6.45, 7) is 2.80. The molecular weight excluding hydrogens is 411 g/mol. The average Bonchev–Trinajstić information content (AvgIpc) is 2.60. The highest BCUT2D eigenvalue weighted by Gasteiger charge is 2.14. The second-order valence-corrected chi connectivity index (χ2v) is 8.19. The number of halogens is 2. The van der Waals surface area contributed by atoms with Crippen LogP contribution in [-0.2, 0) is 16.4 Å². The number of sulfonamides is 1. The maximum Gasteiger partial charge on any atom is 0.251 e. The van der Waals surface area contributed by atoms with Crippen LogP contribution in [0.5, 0.6) is 5.75 Å². The van der Waals surface area contributed by atoms with Gasteiger partial charge in [0.2, 0.25) is 10.0 Å². The first kappa shape index (κ1) is 21.5. The molecule has 9 heteroatoms. The van der Waals surface area contributed by atoms with Crippen LogP contribution in [0.4, 0.5) is 0 Å². The highest BCUT2D eigenvalue weighted by atomic mass is 35.5. The van der Waals surface area contributed by atoms with Crippen LogP contribution >= 0.6 is 23.2 Å². The third kappa shape index (κ3) is 6.10. The first-order valence-electron chi connectivity index (χ1n) is 8.24. The van der Waals surface area contributed by atoms with Gasteiger partial charge in [0.25, 0.3) is 5.91 Å². The number of hydrogen-bond donors (Lipinski definition) is 2. The number of ether oxygens (including phenoxy) is 1. The number of rotatable bonds is 8. The van der Waals surface area contributed by atoms with Crippen LogP contribution in [-0.4, -0.2) is 27.5 Å². The SMILES string of the molecule is CCCOc1c(Cl)cc(C(=O)NCCc2ccc(S(N)(=O)=O)cc2)cc1Cl. The zero-order valence-electron chi connectivity index (χ0n) is 14.7. The van der Waals surface area contributed by atoms with Gasteiger partial charge in [-0.15, -0.1) is 0 Å². The van der Waals surface area contributed by atoms with Gasteiger partial charge in [-0.05, 0) is 42.7 Å². The van der Waals surface area contributed by atoms with Gasteiger partial charge in [0.05, 0.1) is 21.5 Å². The Morgan fingerprint density at radius 2 is 1.74 bits per heavy atom. The zero-order valence-corrected chi connectivity index (χ0v) is 17.0. The maximum atomic E-state index is 12.3. The number of hydrogen-bond acceptors (Lipinski definition) is 4. The van der Waals surface area contributed by atoms with E-state index < -0.39 is 10.0 Å². The summed E-state index contributed by atoms with van der Waals surface area (Å²) in [5, 5.41) is 8.38. The zero-order chi connectivity index (χ0) is 20.0. The molecule has 0 heterocycles. The average molecular weight is 431 g/mol. The number of carbonyl (C=O) groups is 1. The number of nitrogens with two attached hydrogens (primary N) is 1. The number of primary sulfonamides is 1. The molecule has 0 saturated heterocycles. The predicted octanol–water partition coefficient (Wildman–Crippen LogP) is 3.40. The van der Waals surface area contributed by atoms with Crippen LogP contribution < -0.4 is 15.2 Å². The van der Waals surface area contributed by atoms with Gasteiger partial charge in [-0.1, -0.05) is 42.3 Å². The standard InChI is InChI=1S/C18H20Cl2N2O4S/c1-2-9-26-17-15(19)10-13(11-16(17)20)18(23)22-8-7-12-3-5-14(6-4-12)27(21,24)25/h3-6,10-11H,2,7-9H2,1H3,(H,22,23)(H2,21,24,25). The summed E-state index contributed by atoms with van der Waals surface area (Å²) in [5.74, 6) is 0.0497. The van der Waals surface area contributed by atoms with Crippen LogP contribution in [0, 0.1) is 0 Å². The summed E-state index contributed by atoms with van der Waals surface area (Å²) in [6, 6.07) is 9.18. The van der Waals surface area contributed by atoms with E-state index in [-0.39, 0.29) is 20.8 Å². The van der Waals surface area contributed by atoms with Gasteiger partial charge in [-0.3, -0.25) is 4.79 Å². The van der Waals surface area contributed by atoms with Crippen molar-refractivity contribution < 1.29 is 17.9 Å². The highest BCUT2D eigenvalue weighted by molar-refractivity contribution is 7.89. The van der Waals surface area contributed by atoms with E-state index in [0.717, 1.165) is 12.0 Å². The summed E-state index contributed by atoms with van der Waals surface area (Å²) in [4.78, 5) is 12.3. The van der Waals surface area contributed by atoms with E-state index in [1.54, 1.807) is 12.1 Å². The summed E-state index contributed by atoms with van der Waals surface area (Å²) < 4.78 is 27.9. The Morgan fingerprint density at radius 3 is 2.26 bits per heavy atom. The lowest BCUT2D eigenvalue weighted by molar-refractivity contribution is 0.0954. The van der Waals surface area contributed by atoms with Crippen molar-refractivity contribution in [2.75, 3.05) is 13.2 Å². The second kappa shape index (κ2) is 9.41. The minimum atomic E-state index is -3.71. The molecule has 0 atom stereocenters. The summed E-state index contributed by atoms with van der Waals surface area (Å²) in [7, 11) is -3.71. The van der Waals surface area contributed by atoms with Crippen molar-refractivity contribution >= 4 is 39.1 Å². The highest BCUT2D eigenvalue weighted by Crippen LogP contribution is 2.34. The predicted molar refractivity (Wildman–Crippen MR) is 106 cm³/mol. The Labute approximate surface area is 168 Å². The third-order valence-corrected chi connectivity index (χ3v) is 5.15. The number of nitrogens with one attached hydrogen (secondary N) is 1. The van der Waals surface area contributed by atoms with E-state index in [0.29, 0.717) is 30.9 Å². The molecule has 0 spiro atoms. The van der Waals surface area contributed by atoms with Gasteiger partial charge in [0.15, 0.2) is 5.75 Å². The van der Waals surface area contributed by atoms with Crippen LogP contribution in [0.2, 0.25) is 10.0 Å². The largest absolute Gasteiger partial charge is 0.490 e. The minimum absolute atomic E-state index is 0.0463. The molecule has 0 aliphatic heterocycles. The molecule has 0 aliphatic rings. The molecule has 0 aromatic heterocycles. The molecule has 2 rings (SSSR count). The lowest BCUT2D eigenvalue weighted by Crippen LogP contribution is -2.25. The van der Waals surface area contributed by atoms with Crippen LogP contribution in [0.15, 0.2) is 41.3 Å². The smallest absolute Gasteiger partial charge is 0.251 e. The van der Waals surface area contributed by atoms with Crippen molar-refractivity contribution in [2.45, 2.75) is 24.7 Å². The number of benzene rings is 2. The van der Waals surface area contributed by atoms with E-state index in [2.05, 4.69) is 5.32 Å². The summed E-state index contributed by atoms with van der Waals surface area (Å²) in [5.41, 5.74) is 1.19. The van der Waals surface area contributed by atoms with Crippen LogP contribution in [0.1, 0.15) is 29.3 Å². The van der Waals surface area contributed by atoms with Crippen molar-refractivity contribution in [2.24, 2.45) is 5.14 Å². The van der Waals surface area contributed by atoms with Gasteiger partial charge in [0, 0.05) is 12.1 Å². The lowest BCUT2D eigenvalue weighted by atomic mass is 10.1. The summed E-state index contributed by atoms with van der Waals surface area (Å²) >= 11 is 12.3. The Hall–Kier alpha value is -1.80. The molecular formula is C18H20Cl2N2O4S. The van der Waals surface area contributed by atoms with Gasteiger partial charge < -0.3 is 10.1 Å². The maximum absolute atomic E-state index is 12.3. The molecule has 0 aliphatic carbocycles. The van der Waals surface area contributed by atoms with Crippen LogP contribution in [0.3, 0.4) is 0 Å². The van der Waals surface area contributed by atoms with Crippen molar-refractivity contribution in [3.05, 3.63) is 57.6 Å². The number of amides is 1. The first-order chi connectivity index (χ1) is 12.7. The minimum Gasteiger partial charge on any atom is -0.490 e. The molecule has 146 valence electrons. The fraction of sp³-hybridized carbons (Fsp3) is 0.278. The van der Waals surface area contributed by atoms with E-state index in [4.69, 9.17) is 33.1 Å². The van der Waals surface area contributed by atoms with Crippen molar-refractivity contribution in [3.63, 3.8) is 0 Å². The monoisotopic (exact) mass is 430 g/mol. The van der Waals surface area contributed by atoms with E-state index in [1.165, 1.54) is 24.3 Å². The van der Waals surface area contributed by atoms with Gasteiger partial charge >= 0.3 is 0 Å². The van der Waals surface area contributed by atoms with Gasteiger partial charge in [0.1, 0.15) is 0 Å². The molecule has 0 saturated carbocycles. The molecule has 2 aromatic carbocycles. The quantitative estimate of drug-likeness (QED) is 0.669. The topological polar surface area (TPSA) is 98.5 Å². The van der Waals surface area contributed by atoms with Gasteiger partial charge in [-0.2, -0.15) is 0 Å². The van der Waals surface area contributed by atoms with E-state index in [9.17, 15) is 13.2 Å². The van der Waals surface area contributed by atoms with E-state index >= 15 is 0 Å². The van der Waals surface area contributed by atoms with Crippen molar-refractivity contribution in [1.82, 2.24) is 5.32 Å². The van der Waals surface area contributed by atoms with Crippen molar-refractivity contribution in [1.29, 1.82) is 0 Å². The molecule has 0 fully saturated rings. The Bertz CT molecular complexity index is 892. The Morgan fingerprint density at radius 1 is 1.15 bits per heavy atom. The Balaban J connectivity index is 1.96. The van der Waals surface area contributed by atoms with E-state index in [1.807, 2.05) is 6.92 Å². The molecule has 1 amide bonds. The Kier molecular flexibility index (Phi) is 7.49.